The molecule has 1 saturated heterocycles. The predicted octanol–water partition coefficient (Wildman–Crippen LogP) is 3.04. The maximum atomic E-state index is 12.6. The molecule has 1 atom stereocenters. The van der Waals surface area contributed by atoms with E-state index in [2.05, 4.69) is 15.6 Å². The molecule has 1 aromatic carbocycles. The van der Waals surface area contributed by atoms with Crippen molar-refractivity contribution in [3.05, 3.63) is 24.3 Å². The van der Waals surface area contributed by atoms with Crippen molar-refractivity contribution in [2.24, 2.45) is 10.9 Å². The molecule has 1 aliphatic heterocycles. The molecular weight excluding hydrogens is 495 g/mol. The van der Waals surface area contributed by atoms with Gasteiger partial charge < -0.3 is 25.0 Å². The van der Waals surface area contributed by atoms with Crippen molar-refractivity contribution in [2.45, 2.75) is 44.6 Å². The van der Waals surface area contributed by atoms with Crippen molar-refractivity contribution in [1.82, 2.24) is 15.5 Å². The lowest BCUT2D eigenvalue weighted by molar-refractivity contribution is -0.134. The third-order valence-corrected chi connectivity index (χ3v) is 5.69. The minimum Gasteiger partial charge on any atom is -0.497 e. The molecule has 2 aliphatic rings. The molecule has 3 rings (SSSR count). The van der Waals surface area contributed by atoms with Gasteiger partial charge in [0.1, 0.15) is 11.5 Å². The molecule has 0 spiro atoms. The molecular formula is C22H35IN4O3. The number of aliphatic imine (C=N–C) groups is 1. The SMILES string of the molecule is CN=C(NCCCOc1cccc(OC)c1)NC1CCN(C(=O)C2CCCC2)C1.I. The second-order valence-corrected chi connectivity index (χ2v) is 7.78. The molecule has 0 bridgehead atoms. The van der Waals surface area contributed by atoms with Gasteiger partial charge in [0, 0.05) is 44.7 Å². The second-order valence-electron chi connectivity index (χ2n) is 7.78. The number of ether oxygens (including phenoxy) is 2. The van der Waals surface area contributed by atoms with Gasteiger partial charge in [0.25, 0.3) is 0 Å². The number of methoxy groups -OCH3 is 1. The highest BCUT2D eigenvalue weighted by Gasteiger charge is 2.32. The number of amides is 1. The van der Waals surface area contributed by atoms with Crippen LogP contribution in [0, 0.1) is 5.92 Å². The maximum Gasteiger partial charge on any atom is 0.225 e. The van der Waals surface area contributed by atoms with Crippen LogP contribution in [0.4, 0.5) is 0 Å². The highest BCUT2D eigenvalue weighted by molar-refractivity contribution is 14.0. The number of rotatable bonds is 8. The topological polar surface area (TPSA) is 75.2 Å². The van der Waals surface area contributed by atoms with E-state index in [1.54, 1.807) is 14.2 Å². The summed E-state index contributed by atoms with van der Waals surface area (Å²) in [4.78, 5) is 18.9. The van der Waals surface area contributed by atoms with E-state index < -0.39 is 0 Å². The van der Waals surface area contributed by atoms with Gasteiger partial charge in [-0.15, -0.1) is 24.0 Å². The summed E-state index contributed by atoms with van der Waals surface area (Å²) in [6.45, 7) is 3.00. The fourth-order valence-electron chi connectivity index (χ4n) is 4.06. The number of hydrogen-bond acceptors (Lipinski definition) is 4. The summed E-state index contributed by atoms with van der Waals surface area (Å²) in [5.74, 6) is 3.00. The van der Waals surface area contributed by atoms with E-state index in [9.17, 15) is 4.79 Å². The van der Waals surface area contributed by atoms with Crippen LogP contribution >= 0.6 is 24.0 Å². The molecule has 1 aromatic rings. The lowest BCUT2D eigenvalue weighted by Crippen LogP contribution is -2.45. The largest absolute Gasteiger partial charge is 0.497 e. The average molecular weight is 530 g/mol. The van der Waals surface area contributed by atoms with Crippen LogP contribution in [-0.4, -0.2) is 63.2 Å². The summed E-state index contributed by atoms with van der Waals surface area (Å²) in [6.07, 6.45) is 6.35. The molecule has 7 nitrogen and oxygen atoms in total. The zero-order valence-corrected chi connectivity index (χ0v) is 20.4. The summed E-state index contributed by atoms with van der Waals surface area (Å²) in [5.41, 5.74) is 0. The van der Waals surface area contributed by atoms with E-state index >= 15 is 0 Å². The van der Waals surface area contributed by atoms with E-state index in [1.807, 2.05) is 29.2 Å². The van der Waals surface area contributed by atoms with Crippen molar-refractivity contribution < 1.29 is 14.3 Å². The average Bonchev–Trinajstić information content (AvgIpc) is 3.44. The minimum absolute atomic E-state index is 0. The third-order valence-electron chi connectivity index (χ3n) is 5.69. The van der Waals surface area contributed by atoms with E-state index in [0.29, 0.717) is 12.5 Å². The monoisotopic (exact) mass is 530 g/mol. The number of likely N-dealkylation sites (tertiary alicyclic amines) is 1. The van der Waals surface area contributed by atoms with E-state index in [1.165, 1.54) is 12.8 Å². The zero-order valence-electron chi connectivity index (χ0n) is 18.1. The second kappa shape index (κ2) is 12.9. The van der Waals surface area contributed by atoms with Gasteiger partial charge in [-0.3, -0.25) is 9.79 Å². The van der Waals surface area contributed by atoms with Gasteiger partial charge in [-0.25, -0.2) is 0 Å². The molecule has 30 heavy (non-hydrogen) atoms. The van der Waals surface area contributed by atoms with E-state index in [0.717, 1.165) is 62.8 Å². The van der Waals surface area contributed by atoms with Gasteiger partial charge in [-0.1, -0.05) is 18.9 Å². The molecule has 1 heterocycles. The van der Waals surface area contributed by atoms with Crippen LogP contribution in [0.15, 0.2) is 29.3 Å². The quantitative estimate of drug-likeness (QED) is 0.234. The molecule has 8 heteroatoms. The number of carbonyl (C=O) groups is 1. The van der Waals surface area contributed by atoms with Crippen LogP contribution in [-0.2, 0) is 4.79 Å². The Balaban J connectivity index is 0.00000320. The summed E-state index contributed by atoms with van der Waals surface area (Å²) < 4.78 is 11.0. The van der Waals surface area contributed by atoms with Gasteiger partial charge in [0.2, 0.25) is 5.91 Å². The Morgan fingerprint density at radius 1 is 1.23 bits per heavy atom. The van der Waals surface area contributed by atoms with Crippen molar-refractivity contribution in [3.63, 3.8) is 0 Å². The van der Waals surface area contributed by atoms with Crippen LogP contribution in [0.3, 0.4) is 0 Å². The molecule has 1 aliphatic carbocycles. The standard InChI is InChI=1S/C22H34N4O3.HI/c1-23-22(24-12-6-14-29-20-10-5-9-19(15-20)28-2)25-18-11-13-26(16-18)21(27)17-7-3-4-8-17;/h5,9-10,15,17-18H,3-4,6-8,11-14,16H2,1-2H3,(H2,23,24,25);1H. The Hall–Kier alpha value is -1.71. The Labute approximate surface area is 197 Å². The molecule has 1 amide bonds. The fourth-order valence-corrected chi connectivity index (χ4v) is 4.06. The van der Waals surface area contributed by atoms with Gasteiger partial charge in [-0.05, 0) is 37.8 Å². The van der Waals surface area contributed by atoms with Crippen LogP contribution in [0.25, 0.3) is 0 Å². The van der Waals surface area contributed by atoms with Crippen molar-refractivity contribution >= 4 is 35.8 Å². The first-order valence-electron chi connectivity index (χ1n) is 10.7. The van der Waals surface area contributed by atoms with Crippen LogP contribution in [0.2, 0.25) is 0 Å². The Bertz CT molecular complexity index is 695. The number of carbonyl (C=O) groups excluding carboxylic acids is 1. The number of benzene rings is 1. The first kappa shape index (κ1) is 24.6. The number of guanidine groups is 1. The summed E-state index contributed by atoms with van der Waals surface area (Å²) in [6, 6.07) is 7.89. The van der Waals surface area contributed by atoms with Crippen molar-refractivity contribution in [2.75, 3.05) is 40.4 Å². The predicted molar refractivity (Wildman–Crippen MR) is 130 cm³/mol. The fraction of sp³-hybridized carbons (Fsp3) is 0.636. The number of nitrogens with one attached hydrogen (secondary N) is 2. The lowest BCUT2D eigenvalue weighted by atomic mass is 10.1. The van der Waals surface area contributed by atoms with Crippen molar-refractivity contribution in [3.8, 4) is 11.5 Å². The van der Waals surface area contributed by atoms with Gasteiger partial charge in [-0.2, -0.15) is 0 Å². The summed E-state index contributed by atoms with van der Waals surface area (Å²) in [7, 11) is 3.42. The van der Waals surface area contributed by atoms with Crippen LogP contribution in [0.1, 0.15) is 38.5 Å². The van der Waals surface area contributed by atoms with Gasteiger partial charge in [0.05, 0.1) is 13.7 Å². The van der Waals surface area contributed by atoms with Crippen LogP contribution < -0.4 is 20.1 Å². The maximum absolute atomic E-state index is 12.6. The zero-order chi connectivity index (χ0) is 20.5. The molecule has 0 radical (unpaired) electrons. The number of halogens is 1. The lowest BCUT2D eigenvalue weighted by Gasteiger charge is -2.21. The minimum atomic E-state index is 0. The number of nitrogens with zero attached hydrogens (tertiary/aromatic N) is 2. The Morgan fingerprint density at radius 2 is 2.00 bits per heavy atom. The Kier molecular flexibility index (Phi) is 10.5. The van der Waals surface area contributed by atoms with Gasteiger partial charge >= 0.3 is 0 Å². The molecule has 2 N–H and O–H groups in total. The summed E-state index contributed by atoms with van der Waals surface area (Å²) >= 11 is 0. The highest BCUT2D eigenvalue weighted by Crippen LogP contribution is 2.27. The first-order valence-corrected chi connectivity index (χ1v) is 10.7. The summed E-state index contributed by atoms with van der Waals surface area (Å²) in [5, 5.41) is 6.79. The van der Waals surface area contributed by atoms with Gasteiger partial charge in [0.15, 0.2) is 5.96 Å². The molecule has 2 fully saturated rings. The number of hydrogen-bond donors (Lipinski definition) is 2. The Morgan fingerprint density at radius 3 is 2.73 bits per heavy atom. The molecule has 0 aromatic heterocycles. The van der Waals surface area contributed by atoms with E-state index in [4.69, 9.17) is 9.47 Å². The third kappa shape index (κ3) is 7.21. The highest BCUT2D eigenvalue weighted by atomic mass is 127. The van der Waals surface area contributed by atoms with E-state index in [-0.39, 0.29) is 35.9 Å². The smallest absolute Gasteiger partial charge is 0.225 e. The normalized spacial score (nSPS) is 19.3. The molecule has 1 saturated carbocycles. The molecule has 168 valence electrons. The first-order chi connectivity index (χ1) is 14.2. The van der Waals surface area contributed by atoms with Crippen molar-refractivity contribution in [1.29, 1.82) is 0 Å². The van der Waals surface area contributed by atoms with Crippen LogP contribution in [0.5, 0.6) is 11.5 Å². The molecule has 1 unspecified atom stereocenters.